The third kappa shape index (κ3) is 7.12. The first-order chi connectivity index (χ1) is 11.9. The minimum absolute atomic E-state index is 0.0268. The topological polar surface area (TPSA) is 73.9 Å². The first kappa shape index (κ1) is 20.3. The van der Waals surface area contributed by atoms with Crippen molar-refractivity contribution in [3.05, 3.63) is 42.5 Å². The van der Waals surface area contributed by atoms with Crippen LogP contribution in [0.3, 0.4) is 0 Å². The number of nitrogens with one attached hydrogen (secondary N) is 1. The minimum atomic E-state index is -0.881. The average molecular weight is 347 g/mol. The lowest BCUT2D eigenvalue weighted by atomic mass is 10.2. The SMILES string of the molecule is C=CCNC(=O)[C@H](C)OC(=O)/C=C/c1ccc(OC(C)C)c(OC)c1. The average Bonchev–Trinajstić information content (AvgIpc) is 2.58. The molecule has 0 saturated carbocycles. The zero-order valence-corrected chi connectivity index (χ0v) is 15.1. The summed E-state index contributed by atoms with van der Waals surface area (Å²) in [6, 6.07) is 5.32. The predicted molar refractivity (Wildman–Crippen MR) is 96.6 cm³/mol. The van der Waals surface area contributed by atoms with Crippen molar-refractivity contribution in [2.45, 2.75) is 33.0 Å². The molecule has 25 heavy (non-hydrogen) atoms. The summed E-state index contributed by atoms with van der Waals surface area (Å²) in [5.74, 6) is 0.215. The number of esters is 1. The Morgan fingerprint density at radius 1 is 1.24 bits per heavy atom. The van der Waals surface area contributed by atoms with Crippen molar-refractivity contribution < 1.29 is 23.8 Å². The second kappa shape index (κ2) is 10.2. The molecule has 0 aliphatic carbocycles. The van der Waals surface area contributed by atoms with Gasteiger partial charge in [0.2, 0.25) is 0 Å². The highest BCUT2D eigenvalue weighted by molar-refractivity contribution is 5.90. The first-order valence-corrected chi connectivity index (χ1v) is 7.99. The molecule has 1 aromatic rings. The number of hydrogen-bond acceptors (Lipinski definition) is 5. The number of hydrogen-bond donors (Lipinski definition) is 1. The molecule has 6 heteroatoms. The van der Waals surface area contributed by atoms with E-state index in [2.05, 4.69) is 11.9 Å². The van der Waals surface area contributed by atoms with Gasteiger partial charge in [0, 0.05) is 12.6 Å². The van der Waals surface area contributed by atoms with Gasteiger partial charge >= 0.3 is 5.97 Å². The van der Waals surface area contributed by atoms with Gasteiger partial charge < -0.3 is 19.5 Å². The number of carbonyl (C=O) groups is 2. The van der Waals surface area contributed by atoms with E-state index in [1.807, 2.05) is 13.8 Å². The Labute approximate surface area is 148 Å². The van der Waals surface area contributed by atoms with E-state index in [4.69, 9.17) is 14.2 Å². The molecule has 1 aromatic carbocycles. The molecular weight excluding hydrogens is 322 g/mol. The summed E-state index contributed by atoms with van der Waals surface area (Å²) in [6.45, 7) is 9.18. The maximum Gasteiger partial charge on any atom is 0.331 e. The highest BCUT2D eigenvalue weighted by Crippen LogP contribution is 2.29. The highest BCUT2D eigenvalue weighted by Gasteiger charge is 2.15. The molecule has 1 rings (SSSR count). The van der Waals surface area contributed by atoms with Crippen molar-refractivity contribution in [3.8, 4) is 11.5 Å². The first-order valence-electron chi connectivity index (χ1n) is 7.99. The van der Waals surface area contributed by atoms with Gasteiger partial charge in [-0.3, -0.25) is 4.79 Å². The molecular formula is C19H25NO5. The third-order valence-electron chi connectivity index (χ3n) is 3.05. The van der Waals surface area contributed by atoms with Gasteiger partial charge in [-0.1, -0.05) is 12.1 Å². The molecule has 0 fully saturated rings. The molecule has 1 amide bonds. The van der Waals surface area contributed by atoms with Crippen LogP contribution in [0.2, 0.25) is 0 Å². The normalized spacial score (nSPS) is 11.9. The van der Waals surface area contributed by atoms with Crippen molar-refractivity contribution in [2.75, 3.05) is 13.7 Å². The zero-order valence-electron chi connectivity index (χ0n) is 15.1. The van der Waals surface area contributed by atoms with Crippen molar-refractivity contribution in [1.82, 2.24) is 5.32 Å². The van der Waals surface area contributed by atoms with E-state index in [1.54, 1.807) is 37.5 Å². The van der Waals surface area contributed by atoms with Gasteiger partial charge in [-0.2, -0.15) is 0 Å². The molecule has 6 nitrogen and oxygen atoms in total. The molecule has 0 unspecified atom stereocenters. The molecule has 0 radical (unpaired) electrons. The molecule has 0 aliphatic heterocycles. The molecule has 1 N–H and O–H groups in total. The number of benzene rings is 1. The lowest BCUT2D eigenvalue weighted by Gasteiger charge is -2.13. The maximum atomic E-state index is 11.8. The van der Waals surface area contributed by atoms with Gasteiger partial charge in [0.05, 0.1) is 13.2 Å². The predicted octanol–water partition coefficient (Wildman–Crippen LogP) is 2.73. The standard InChI is InChI=1S/C19H25NO5/c1-6-11-20-19(22)14(4)25-18(21)10-8-15-7-9-16(24-13(2)3)17(12-15)23-5/h6-10,12-14H,1,11H2,2-5H3,(H,20,22)/b10-8+/t14-/m0/s1. The van der Waals surface area contributed by atoms with E-state index in [0.29, 0.717) is 18.0 Å². The summed E-state index contributed by atoms with van der Waals surface area (Å²) in [6.07, 6.45) is 3.53. The number of carbonyl (C=O) groups excluding carboxylic acids is 2. The molecule has 0 aliphatic rings. The van der Waals surface area contributed by atoms with Crippen LogP contribution >= 0.6 is 0 Å². The number of amides is 1. The Kier molecular flexibility index (Phi) is 8.26. The third-order valence-corrected chi connectivity index (χ3v) is 3.05. The number of rotatable bonds is 9. The zero-order chi connectivity index (χ0) is 18.8. The highest BCUT2D eigenvalue weighted by atomic mass is 16.5. The number of methoxy groups -OCH3 is 1. The van der Waals surface area contributed by atoms with Gasteiger partial charge in [-0.05, 0) is 44.5 Å². The van der Waals surface area contributed by atoms with Crippen LogP contribution in [0.5, 0.6) is 11.5 Å². The van der Waals surface area contributed by atoms with Gasteiger partial charge in [0.25, 0.3) is 5.91 Å². The molecule has 0 aromatic heterocycles. The van der Waals surface area contributed by atoms with Gasteiger partial charge in [0.15, 0.2) is 17.6 Å². The van der Waals surface area contributed by atoms with Gasteiger partial charge in [-0.25, -0.2) is 4.79 Å². The van der Waals surface area contributed by atoms with E-state index in [-0.39, 0.29) is 12.0 Å². The molecule has 0 saturated heterocycles. The number of ether oxygens (including phenoxy) is 3. The summed E-state index contributed by atoms with van der Waals surface area (Å²) >= 11 is 0. The Morgan fingerprint density at radius 3 is 2.56 bits per heavy atom. The van der Waals surface area contributed by atoms with Crippen molar-refractivity contribution >= 4 is 18.0 Å². The van der Waals surface area contributed by atoms with Crippen LogP contribution in [-0.4, -0.2) is 37.7 Å². The van der Waals surface area contributed by atoms with Gasteiger partial charge in [0.1, 0.15) is 0 Å². The fourth-order valence-electron chi connectivity index (χ4n) is 1.89. The molecule has 0 bridgehead atoms. The van der Waals surface area contributed by atoms with E-state index < -0.39 is 12.1 Å². The maximum absolute atomic E-state index is 11.8. The largest absolute Gasteiger partial charge is 0.493 e. The molecule has 1 atom stereocenters. The van der Waals surface area contributed by atoms with Crippen LogP contribution in [0.15, 0.2) is 36.9 Å². The molecule has 0 heterocycles. The second-order valence-electron chi connectivity index (χ2n) is 5.52. The van der Waals surface area contributed by atoms with E-state index in [9.17, 15) is 9.59 Å². The van der Waals surface area contributed by atoms with Crippen LogP contribution in [0.25, 0.3) is 6.08 Å². The van der Waals surface area contributed by atoms with Crippen molar-refractivity contribution in [2.24, 2.45) is 0 Å². The molecule has 136 valence electrons. The summed E-state index contributed by atoms with van der Waals surface area (Å²) in [5, 5.41) is 2.56. The van der Waals surface area contributed by atoms with Crippen LogP contribution in [-0.2, 0) is 14.3 Å². The fourth-order valence-corrected chi connectivity index (χ4v) is 1.89. The Hall–Kier alpha value is -2.76. The summed E-state index contributed by atoms with van der Waals surface area (Å²) < 4.78 is 16.0. The second-order valence-corrected chi connectivity index (χ2v) is 5.52. The summed E-state index contributed by atoms with van der Waals surface area (Å²) in [5.41, 5.74) is 0.744. The lowest BCUT2D eigenvalue weighted by Crippen LogP contribution is -2.35. The van der Waals surface area contributed by atoms with E-state index in [1.165, 1.54) is 13.0 Å². The van der Waals surface area contributed by atoms with Crippen LogP contribution < -0.4 is 14.8 Å². The Morgan fingerprint density at radius 2 is 1.96 bits per heavy atom. The Balaban J connectivity index is 2.69. The fraction of sp³-hybridized carbons (Fsp3) is 0.368. The monoisotopic (exact) mass is 347 g/mol. The quantitative estimate of drug-likeness (QED) is 0.422. The Bertz CT molecular complexity index is 637. The van der Waals surface area contributed by atoms with E-state index >= 15 is 0 Å². The molecule has 0 spiro atoms. The summed E-state index contributed by atoms with van der Waals surface area (Å²) in [4.78, 5) is 23.4. The summed E-state index contributed by atoms with van der Waals surface area (Å²) in [7, 11) is 1.55. The minimum Gasteiger partial charge on any atom is -0.493 e. The van der Waals surface area contributed by atoms with E-state index in [0.717, 1.165) is 5.56 Å². The van der Waals surface area contributed by atoms with Crippen molar-refractivity contribution in [3.63, 3.8) is 0 Å². The van der Waals surface area contributed by atoms with Crippen molar-refractivity contribution in [1.29, 1.82) is 0 Å². The van der Waals surface area contributed by atoms with Crippen LogP contribution in [0, 0.1) is 0 Å². The van der Waals surface area contributed by atoms with Crippen LogP contribution in [0.1, 0.15) is 26.3 Å². The van der Waals surface area contributed by atoms with Gasteiger partial charge in [-0.15, -0.1) is 6.58 Å². The lowest BCUT2D eigenvalue weighted by molar-refractivity contribution is -0.150. The smallest absolute Gasteiger partial charge is 0.331 e. The van der Waals surface area contributed by atoms with Crippen LogP contribution in [0.4, 0.5) is 0 Å².